The summed E-state index contributed by atoms with van der Waals surface area (Å²) in [7, 11) is -3.43. The van der Waals surface area contributed by atoms with Crippen LogP contribution in [-0.2, 0) is 10.0 Å². The molecule has 0 aliphatic carbocycles. The molecule has 1 aromatic heterocycles. The van der Waals surface area contributed by atoms with Crippen molar-refractivity contribution in [1.29, 1.82) is 0 Å². The van der Waals surface area contributed by atoms with Gasteiger partial charge in [0, 0.05) is 15.3 Å². The lowest BCUT2D eigenvalue weighted by Crippen LogP contribution is -2.44. The zero-order chi connectivity index (χ0) is 11.7. The fourth-order valence-corrected chi connectivity index (χ4v) is 4.99. The van der Waals surface area contributed by atoms with E-state index in [-0.39, 0.29) is 0 Å². The van der Waals surface area contributed by atoms with Crippen molar-refractivity contribution in [2.24, 2.45) is 0 Å². The molecular weight excluding hydrogens is 366 g/mol. The number of nitrogens with one attached hydrogen (secondary N) is 1. The van der Waals surface area contributed by atoms with Gasteiger partial charge in [-0.15, -0.1) is 11.3 Å². The summed E-state index contributed by atoms with van der Waals surface area (Å²) < 4.78 is 27.4. The number of alkyl halides is 1. The Hall–Kier alpha value is 0.570. The standard InChI is InChI=1S/C8H11Br2NO2S2/c1-8(2,5-9)11-15(12,13)7-6(10)3-4-14-7/h3-4,11H,5H2,1-2H3. The second-order valence-electron chi connectivity index (χ2n) is 3.68. The summed E-state index contributed by atoms with van der Waals surface area (Å²) in [6.45, 7) is 3.64. The summed E-state index contributed by atoms with van der Waals surface area (Å²) in [4.78, 5) is 0. The average Bonchev–Trinajstić information content (AvgIpc) is 2.50. The number of thiophene rings is 1. The number of sulfonamides is 1. The molecule has 1 rings (SSSR count). The van der Waals surface area contributed by atoms with Crippen LogP contribution >= 0.6 is 43.2 Å². The normalized spacial score (nSPS) is 13.1. The molecule has 86 valence electrons. The highest BCUT2D eigenvalue weighted by atomic mass is 79.9. The summed E-state index contributed by atoms with van der Waals surface area (Å²) in [5, 5.41) is 2.29. The van der Waals surface area contributed by atoms with Crippen LogP contribution in [0.4, 0.5) is 0 Å². The molecule has 1 N–H and O–H groups in total. The molecule has 7 heteroatoms. The smallest absolute Gasteiger partial charge is 0.206 e. The Kier molecular flexibility index (Phi) is 4.39. The van der Waals surface area contributed by atoms with Crippen LogP contribution in [0.5, 0.6) is 0 Å². The first-order valence-corrected chi connectivity index (χ1v) is 8.39. The van der Waals surface area contributed by atoms with Gasteiger partial charge in [0.1, 0.15) is 4.21 Å². The van der Waals surface area contributed by atoms with Crippen LogP contribution in [0, 0.1) is 0 Å². The lowest BCUT2D eigenvalue weighted by molar-refractivity contribution is 0.501. The van der Waals surface area contributed by atoms with Gasteiger partial charge in [-0.1, -0.05) is 15.9 Å². The molecule has 0 amide bonds. The maximum Gasteiger partial charge on any atom is 0.251 e. The molecular formula is C8H11Br2NO2S2. The van der Waals surface area contributed by atoms with E-state index in [0.717, 1.165) is 0 Å². The lowest BCUT2D eigenvalue weighted by atomic mass is 10.1. The van der Waals surface area contributed by atoms with Crippen molar-refractivity contribution in [3.8, 4) is 0 Å². The van der Waals surface area contributed by atoms with Crippen LogP contribution in [0.15, 0.2) is 20.1 Å². The van der Waals surface area contributed by atoms with Crippen molar-refractivity contribution < 1.29 is 8.42 Å². The molecule has 0 saturated carbocycles. The van der Waals surface area contributed by atoms with Crippen molar-refractivity contribution in [3.63, 3.8) is 0 Å². The van der Waals surface area contributed by atoms with Crippen molar-refractivity contribution >= 4 is 53.2 Å². The third kappa shape index (κ3) is 3.52. The van der Waals surface area contributed by atoms with E-state index in [1.165, 1.54) is 11.3 Å². The summed E-state index contributed by atoms with van der Waals surface area (Å²) in [6, 6.07) is 1.72. The lowest BCUT2D eigenvalue weighted by Gasteiger charge is -2.22. The Morgan fingerprint density at radius 2 is 2.13 bits per heavy atom. The minimum absolute atomic E-state index is 0.316. The van der Waals surface area contributed by atoms with Gasteiger partial charge in [-0.2, -0.15) is 0 Å². The van der Waals surface area contributed by atoms with E-state index >= 15 is 0 Å². The van der Waals surface area contributed by atoms with Crippen LogP contribution in [0.3, 0.4) is 0 Å². The third-order valence-electron chi connectivity index (χ3n) is 1.57. The fraction of sp³-hybridized carbons (Fsp3) is 0.500. The predicted octanol–water partition coefficient (Wildman–Crippen LogP) is 2.96. The van der Waals surface area contributed by atoms with Crippen LogP contribution in [0.25, 0.3) is 0 Å². The zero-order valence-electron chi connectivity index (χ0n) is 8.25. The fourth-order valence-electron chi connectivity index (χ4n) is 0.909. The first kappa shape index (κ1) is 13.6. The van der Waals surface area contributed by atoms with Gasteiger partial charge in [0.2, 0.25) is 0 Å². The molecule has 3 nitrogen and oxygen atoms in total. The molecule has 0 aliphatic heterocycles. The number of halogens is 2. The summed E-state index contributed by atoms with van der Waals surface area (Å²) >= 11 is 7.68. The summed E-state index contributed by atoms with van der Waals surface area (Å²) in [5.74, 6) is 0. The van der Waals surface area contributed by atoms with Crippen LogP contribution < -0.4 is 4.72 Å². The molecule has 0 spiro atoms. The first-order valence-electron chi connectivity index (χ1n) is 4.11. The van der Waals surface area contributed by atoms with Gasteiger partial charge in [-0.25, -0.2) is 13.1 Å². The van der Waals surface area contributed by atoms with E-state index in [9.17, 15) is 8.42 Å². The Bertz CT molecular complexity index is 439. The first-order chi connectivity index (χ1) is 6.78. The Morgan fingerprint density at radius 1 is 1.53 bits per heavy atom. The molecule has 0 fully saturated rings. The largest absolute Gasteiger partial charge is 0.251 e. The Morgan fingerprint density at radius 3 is 2.53 bits per heavy atom. The number of rotatable bonds is 4. The second-order valence-corrected chi connectivity index (χ2v) is 7.89. The van der Waals surface area contributed by atoms with Crippen LogP contribution in [0.2, 0.25) is 0 Å². The zero-order valence-corrected chi connectivity index (χ0v) is 13.1. The van der Waals surface area contributed by atoms with Gasteiger partial charge in [-0.05, 0) is 41.2 Å². The molecule has 0 aliphatic rings. The monoisotopic (exact) mass is 375 g/mol. The van der Waals surface area contributed by atoms with Crippen molar-refractivity contribution in [2.45, 2.75) is 23.6 Å². The molecule has 1 aromatic rings. The molecule has 0 unspecified atom stereocenters. The maximum absolute atomic E-state index is 11.9. The maximum atomic E-state index is 11.9. The van der Waals surface area contributed by atoms with Crippen molar-refractivity contribution in [1.82, 2.24) is 4.72 Å². The van der Waals surface area contributed by atoms with Gasteiger partial charge < -0.3 is 0 Å². The number of hydrogen-bond acceptors (Lipinski definition) is 3. The molecule has 15 heavy (non-hydrogen) atoms. The van der Waals surface area contributed by atoms with Crippen LogP contribution in [-0.4, -0.2) is 19.3 Å². The van der Waals surface area contributed by atoms with E-state index in [4.69, 9.17) is 0 Å². The molecule has 0 aromatic carbocycles. The van der Waals surface area contributed by atoms with Gasteiger partial charge in [0.05, 0.1) is 0 Å². The van der Waals surface area contributed by atoms with E-state index in [2.05, 4.69) is 36.6 Å². The molecule has 1 heterocycles. The van der Waals surface area contributed by atoms with Gasteiger partial charge in [0.25, 0.3) is 10.0 Å². The highest BCUT2D eigenvalue weighted by Gasteiger charge is 2.27. The Balaban J connectivity index is 3.01. The van der Waals surface area contributed by atoms with E-state index in [1.54, 1.807) is 11.4 Å². The highest BCUT2D eigenvalue weighted by molar-refractivity contribution is 9.10. The van der Waals surface area contributed by atoms with Crippen molar-refractivity contribution in [2.75, 3.05) is 5.33 Å². The van der Waals surface area contributed by atoms with Crippen LogP contribution in [0.1, 0.15) is 13.8 Å². The quantitative estimate of drug-likeness (QED) is 0.821. The van der Waals surface area contributed by atoms with E-state index in [0.29, 0.717) is 14.0 Å². The van der Waals surface area contributed by atoms with E-state index < -0.39 is 15.6 Å². The molecule has 0 saturated heterocycles. The average molecular weight is 377 g/mol. The summed E-state index contributed by atoms with van der Waals surface area (Å²) in [6.07, 6.45) is 0. The molecule has 0 radical (unpaired) electrons. The predicted molar refractivity (Wildman–Crippen MR) is 70.2 cm³/mol. The van der Waals surface area contributed by atoms with Gasteiger partial charge in [-0.3, -0.25) is 0 Å². The topological polar surface area (TPSA) is 46.2 Å². The van der Waals surface area contributed by atoms with Crippen molar-refractivity contribution in [3.05, 3.63) is 15.9 Å². The minimum Gasteiger partial charge on any atom is -0.206 e. The minimum atomic E-state index is -3.43. The Labute approximate surface area is 111 Å². The third-order valence-corrected chi connectivity index (χ3v) is 7.34. The molecule has 0 bridgehead atoms. The van der Waals surface area contributed by atoms with E-state index in [1.807, 2.05) is 13.8 Å². The SMILES string of the molecule is CC(C)(CBr)NS(=O)(=O)c1sccc1Br. The van der Waals surface area contributed by atoms with Gasteiger partial charge >= 0.3 is 0 Å². The highest BCUT2D eigenvalue weighted by Crippen LogP contribution is 2.28. The second kappa shape index (κ2) is 4.83. The van der Waals surface area contributed by atoms with Gasteiger partial charge in [0.15, 0.2) is 0 Å². The molecule has 0 atom stereocenters. The number of hydrogen-bond donors (Lipinski definition) is 1. The summed E-state index contributed by atoms with van der Waals surface area (Å²) in [5.41, 5.74) is -0.498.